The summed E-state index contributed by atoms with van der Waals surface area (Å²) < 4.78 is 10.8. The van der Waals surface area contributed by atoms with E-state index in [0.717, 1.165) is 16.9 Å². The van der Waals surface area contributed by atoms with E-state index >= 15 is 0 Å². The van der Waals surface area contributed by atoms with Crippen LogP contribution >= 0.6 is 23.2 Å². The molecule has 32 heavy (non-hydrogen) atoms. The monoisotopic (exact) mass is 468 g/mol. The Labute approximate surface area is 197 Å². The van der Waals surface area contributed by atoms with Gasteiger partial charge in [-0.25, -0.2) is 9.79 Å². The number of carbonyl (C=O) groups is 1. The quantitative estimate of drug-likeness (QED) is 0.481. The van der Waals surface area contributed by atoms with Crippen LogP contribution in [0, 0.1) is 0 Å². The molecule has 3 aromatic rings. The number of hydrogen-bond acceptors (Lipinski definition) is 5. The Balaban J connectivity index is 1.91. The summed E-state index contributed by atoms with van der Waals surface area (Å²) in [6.45, 7) is 2.01. The number of methoxy groups -OCH3 is 1. The molecule has 0 fully saturated rings. The summed E-state index contributed by atoms with van der Waals surface area (Å²) in [6, 6.07) is 21.4. The fourth-order valence-electron chi connectivity index (χ4n) is 3.85. The number of halogens is 2. The second-order valence-corrected chi connectivity index (χ2v) is 8.18. The largest absolute Gasteiger partial charge is 0.497 e. The van der Waals surface area contributed by atoms with Crippen LogP contribution in [0.4, 0.5) is 0 Å². The van der Waals surface area contributed by atoms with Crippen molar-refractivity contribution in [3.63, 3.8) is 0 Å². The third-order valence-electron chi connectivity index (χ3n) is 5.42. The van der Waals surface area contributed by atoms with Crippen LogP contribution in [-0.2, 0) is 15.1 Å². The van der Waals surface area contributed by atoms with Crippen LogP contribution in [0.3, 0.4) is 0 Å². The SMILES string of the molecule is CCOC(=O)C1(c2ccc(Cl)cc2)N=C(c2ccc(OC)cc2)NC1c1ccc(Cl)cc1. The lowest BCUT2D eigenvalue weighted by Crippen LogP contribution is -2.43. The van der Waals surface area contributed by atoms with Crippen molar-refractivity contribution in [1.29, 1.82) is 0 Å². The average Bonchev–Trinajstić information content (AvgIpc) is 3.22. The number of benzene rings is 3. The zero-order valence-corrected chi connectivity index (χ0v) is 19.2. The van der Waals surface area contributed by atoms with E-state index in [0.29, 0.717) is 21.4 Å². The van der Waals surface area contributed by atoms with Gasteiger partial charge in [-0.2, -0.15) is 0 Å². The molecule has 5 nitrogen and oxygen atoms in total. The molecule has 0 amide bonds. The Morgan fingerprint density at radius 3 is 2.12 bits per heavy atom. The Bertz CT molecular complexity index is 1130. The minimum absolute atomic E-state index is 0.231. The number of aliphatic imine (C=N–C) groups is 1. The maximum atomic E-state index is 13.5. The highest BCUT2D eigenvalue weighted by Crippen LogP contribution is 2.45. The summed E-state index contributed by atoms with van der Waals surface area (Å²) >= 11 is 12.3. The summed E-state index contributed by atoms with van der Waals surface area (Å²) in [5.74, 6) is 0.866. The molecule has 1 aliphatic heterocycles. The fraction of sp³-hybridized carbons (Fsp3) is 0.200. The molecular weight excluding hydrogens is 447 g/mol. The zero-order chi connectivity index (χ0) is 22.7. The zero-order valence-electron chi connectivity index (χ0n) is 17.6. The normalized spacial score (nSPS) is 19.8. The first-order valence-electron chi connectivity index (χ1n) is 10.2. The van der Waals surface area contributed by atoms with Gasteiger partial charge in [0.15, 0.2) is 0 Å². The summed E-state index contributed by atoms with van der Waals surface area (Å²) in [7, 11) is 1.61. The molecule has 7 heteroatoms. The Kier molecular flexibility index (Phi) is 6.40. The lowest BCUT2D eigenvalue weighted by molar-refractivity contribution is -0.150. The molecule has 164 valence electrons. The second kappa shape index (κ2) is 9.23. The number of ether oxygens (including phenoxy) is 2. The van der Waals surface area contributed by atoms with Gasteiger partial charge in [-0.3, -0.25) is 0 Å². The summed E-state index contributed by atoms with van der Waals surface area (Å²) in [4.78, 5) is 18.5. The van der Waals surface area contributed by atoms with Crippen LogP contribution in [0.25, 0.3) is 0 Å². The van der Waals surface area contributed by atoms with Crippen molar-refractivity contribution in [1.82, 2.24) is 5.32 Å². The van der Waals surface area contributed by atoms with E-state index in [1.165, 1.54) is 0 Å². The van der Waals surface area contributed by atoms with Gasteiger partial charge in [0.1, 0.15) is 11.6 Å². The molecule has 3 aromatic carbocycles. The Hall–Kier alpha value is -3.02. The molecular formula is C25H22Cl2N2O3. The predicted octanol–water partition coefficient (Wildman–Crippen LogP) is 5.55. The molecule has 1 heterocycles. The van der Waals surface area contributed by atoms with Gasteiger partial charge < -0.3 is 14.8 Å². The number of rotatable bonds is 6. The molecule has 0 radical (unpaired) electrons. The molecule has 1 aliphatic rings. The van der Waals surface area contributed by atoms with Gasteiger partial charge in [-0.05, 0) is 66.6 Å². The Morgan fingerprint density at radius 2 is 1.56 bits per heavy atom. The van der Waals surface area contributed by atoms with E-state index in [1.807, 2.05) is 48.5 Å². The van der Waals surface area contributed by atoms with E-state index in [2.05, 4.69) is 5.32 Å². The Morgan fingerprint density at radius 1 is 0.969 bits per heavy atom. The van der Waals surface area contributed by atoms with E-state index < -0.39 is 17.6 Å². The van der Waals surface area contributed by atoms with Gasteiger partial charge in [-0.1, -0.05) is 47.5 Å². The molecule has 0 aromatic heterocycles. The van der Waals surface area contributed by atoms with Crippen LogP contribution in [0.2, 0.25) is 10.0 Å². The first-order valence-corrected chi connectivity index (χ1v) is 10.9. The van der Waals surface area contributed by atoms with Gasteiger partial charge in [0.25, 0.3) is 0 Å². The molecule has 0 saturated heterocycles. The first-order chi connectivity index (χ1) is 15.5. The van der Waals surface area contributed by atoms with Crippen LogP contribution in [0.5, 0.6) is 5.75 Å². The number of esters is 1. The molecule has 0 spiro atoms. The molecule has 1 N–H and O–H groups in total. The van der Waals surface area contributed by atoms with Gasteiger partial charge >= 0.3 is 5.97 Å². The first kappa shape index (κ1) is 22.2. The third kappa shape index (κ3) is 4.06. The van der Waals surface area contributed by atoms with Crippen molar-refractivity contribution >= 4 is 35.0 Å². The molecule has 2 atom stereocenters. The smallest absolute Gasteiger partial charge is 0.341 e. The fourth-order valence-corrected chi connectivity index (χ4v) is 4.10. The van der Waals surface area contributed by atoms with E-state index in [4.69, 9.17) is 37.7 Å². The predicted molar refractivity (Wildman–Crippen MR) is 127 cm³/mol. The van der Waals surface area contributed by atoms with Crippen molar-refractivity contribution in [2.24, 2.45) is 4.99 Å². The summed E-state index contributed by atoms with van der Waals surface area (Å²) in [6.07, 6.45) is 0. The molecule has 0 bridgehead atoms. The minimum atomic E-state index is -1.34. The van der Waals surface area contributed by atoms with Gasteiger partial charge in [-0.15, -0.1) is 0 Å². The van der Waals surface area contributed by atoms with Gasteiger partial charge in [0.2, 0.25) is 5.54 Å². The van der Waals surface area contributed by atoms with E-state index in [9.17, 15) is 4.79 Å². The number of amidine groups is 1. The maximum absolute atomic E-state index is 13.5. The van der Waals surface area contributed by atoms with Crippen molar-refractivity contribution < 1.29 is 14.3 Å². The molecule has 0 aliphatic carbocycles. The number of nitrogens with zero attached hydrogens (tertiary/aromatic N) is 1. The van der Waals surface area contributed by atoms with Crippen molar-refractivity contribution in [3.05, 3.63) is 99.5 Å². The molecule has 2 unspecified atom stereocenters. The standard InChI is InChI=1S/C25H22Cl2N2O3/c1-3-32-24(30)25(18-8-12-20(27)13-9-18)22(16-4-10-19(26)11-5-16)28-23(29-25)17-6-14-21(31-2)15-7-17/h4-15,22H,3H2,1-2H3,(H,28,29). The van der Waals surface area contributed by atoms with E-state index in [1.54, 1.807) is 38.3 Å². The summed E-state index contributed by atoms with van der Waals surface area (Å²) in [5.41, 5.74) is 1.01. The minimum Gasteiger partial charge on any atom is -0.497 e. The highest BCUT2D eigenvalue weighted by atomic mass is 35.5. The topological polar surface area (TPSA) is 59.9 Å². The number of nitrogens with one attached hydrogen (secondary N) is 1. The maximum Gasteiger partial charge on any atom is 0.341 e. The van der Waals surface area contributed by atoms with Crippen molar-refractivity contribution in [2.45, 2.75) is 18.5 Å². The van der Waals surface area contributed by atoms with Gasteiger partial charge in [0.05, 0.1) is 19.8 Å². The van der Waals surface area contributed by atoms with Crippen LogP contribution in [-0.4, -0.2) is 25.5 Å². The van der Waals surface area contributed by atoms with E-state index in [-0.39, 0.29) is 6.61 Å². The number of carbonyl (C=O) groups excluding carboxylic acids is 1. The highest BCUT2D eigenvalue weighted by Gasteiger charge is 2.54. The second-order valence-electron chi connectivity index (χ2n) is 7.31. The summed E-state index contributed by atoms with van der Waals surface area (Å²) in [5, 5.41) is 4.63. The highest BCUT2D eigenvalue weighted by molar-refractivity contribution is 6.30. The molecule has 0 saturated carbocycles. The molecule has 4 rings (SSSR count). The number of hydrogen-bond donors (Lipinski definition) is 1. The van der Waals surface area contributed by atoms with Crippen LogP contribution < -0.4 is 10.1 Å². The van der Waals surface area contributed by atoms with Crippen molar-refractivity contribution in [3.8, 4) is 5.75 Å². The van der Waals surface area contributed by atoms with Crippen LogP contribution in [0.15, 0.2) is 77.8 Å². The van der Waals surface area contributed by atoms with Crippen molar-refractivity contribution in [2.75, 3.05) is 13.7 Å². The van der Waals surface area contributed by atoms with Gasteiger partial charge in [0, 0.05) is 15.6 Å². The lowest BCUT2D eigenvalue weighted by Gasteiger charge is -2.31. The van der Waals surface area contributed by atoms with Crippen LogP contribution in [0.1, 0.15) is 29.7 Å². The average molecular weight is 469 g/mol. The third-order valence-corrected chi connectivity index (χ3v) is 5.93. The lowest BCUT2D eigenvalue weighted by atomic mass is 9.80.